The van der Waals surface area contributed by atoms with Crippen molar-refractivity contribution < 1.29 is 4.79 Å². The van der Waals surface area contributed by atoms with E-state index in [4.69, 9.17) is 0 Å². The molecule has 2 N–H and O–H groups in total. The molecule has 3 aliphatic rings. The number of benzene rings is 1. The minimum atomic E-state index is -0.0344. The van der Waals surface area contributed by atoms with Crippen molar-refractivity contribution in [2.45, 2.75) is 53.4 Å². The van der Waals surface area contributed by atoms with Crippen LogP contribution in [0.4, 0.5) is 0 Å². The molecular formula is C26H31N3OS. The highest BCUT2D eigenvalue weighted by atomic mass is 32.2. The fourth-order valence-electron chi connectivity index (χ4n) is 4.54. The molecule has 31 heavy (non-hydrogen) atoms. The molecule has 0 bridgehead atoms. The van der Waals surface area contributed by atoms with E-state index in [0.717, 1.165) is 47.0 Å². The van der Waals surface area contributed by atoms with Crippen LogP contribution in [0.3, 0.4) is 0 Å². The number of hydrogen-bond acceptors (Lipinski definition) is 4. The summed E-state index contributed by atoms with van der Waals surface area (Å²) >= 11 is 1.76. The first-order valence-electron chi connectivity index (χ1n) is 11.1. The van der Waals surface area contributed by atoms with Crippen LogP contribution >= 0.6 is 11.8 Å². The minimum Gasteiger partial charge on any atom is -0.346 e. The number of allylic oxidation sites excluding steroid dienone is 5. The molecule has 1 aromatic carbocycles. The smallest absolute Gasteiger partial charge is 0.258 e. The molecule has 1 saturated heterocycles. The van der Waals surface area contributed by atoms with Crippen LogP contribution in [-0.4, -0.2) is 17.5 Å². The number of carbonyl (C=O) groups excluding carboxylic acids is 1. The second kappa shape index (κ2) is 8.91. The van der Waals surface area contributed by atoms with Crippen molar-refractivity contribution in [2.24, 2.45) is 10.9 Å². The summed E-state index contributed by atoms with van der Waals surface area (Å²) in [5.41, 5.74) is 7.58. The molecule has 0 aromatic heterocycles. The van der Waals surface area contributed by atoms with Gasteiger partial charge in [0, 0.05) is 34.0 Å². The number of amidine groups is 1. The van der Waals surface area contributed by atoms with Gasteiger partial charge in [-0.25, -0.2) is 4.99 Å². The number of nitrogens with zero attached hydrogens (tertiary/aromatic N) is 1. The SMILES string of the molecule is CCc1ccc(C)c(C2C=C3C(=CC2CC)NC(=O)/C3=C(/C)NC2=NC=C(C)SC2)c1. The lowest BCUT2D eigenvalue weighted by Crippen LogP contribution is -2.27. The van der Waals surface area contributed by atoms with Gasteiger partial charge >= 0.3 is 0 Å². The van der Waals surface area contributed by atoms with Crippen LogP contribution in [0.1, 0.15) is 56.7 Å². The first-order valence-corrected chi connectivity index (χ1v) is 12.1. The third kappa shape index (κ3) is 4.29. The topological polar surface area (TPSA) is 53.5 Å². The Labute approximate surface area is 189 Å². The van der Waals surface area contributed by atoms with Crippen molar-refractivity contribution in [1.82, 2.24) is 10.6 Å². The van der Waals surface area contributed by atoms with Gasteiger partial charge in [0.05, 0.1) is 11.3 Å². The Kier molecular flexibility index (Phi) is 6.24. The molecule has 1 amide bonds. The van der Waals surface area contributed by atoms with E-state index >= 15 is 0 Å². The average Bonchev–Trinajstić information content (AvgIpc) is 3.09. The maximum atomic E-state index is 12.9. The van der Waals surface area contributed by atoms with E-state index in [2.05, 4.69) is 73.7 Å². The lowest BCUT2D eigenvalue weighted by atomic mass is 9.76. The standard InChI is InChI=1S/C26H31N3OS/c1-6-18-9-8-15(3)20(10-18)21-12-22-23(11-19(21)7-2)29-26(30)25(22)17(5)28-24-14-31-16(4)13-27-24/h8-13,19,21H,6-7,14H2,1-5H3,(H,27,28)(H,29,30)/b25-17-. The first-order chi connectivity index (χ1) is 14.9. The Morgan fingerprint density at radius 2 is 2.06 bits per heavy atom. The number of amides is 1. The number of nitrogens with one attached hydrogen (secondary N) is 2. The molecule has 1 fully saturated rings. The third-order valence-corrected chi connectivity index (χ3v) is 7.33. The first kappa shape index (κ1) is 21.7. The predicted molar refractivity (Wildman–Crippen MR) is 131 cm³/mol. The summed E-state index contributed by atoms with van der Waals surface area (Å²) in [5, 5.41) is 6.49. The van der Waals surface area contributed by atoms with Gasteiger partial charge in [0.25, 0.3) is 5.91 Å². The van der Waals surface area contributed by atoms with Gasteiger partial charge in [-0.1, -0.05) is 44.2 Å². The van der Waals surface area contributed by atoms with Crippen molar-refractivity contribution in [3.05, 3.63) is 80.7 Å². The van der Waals surface area contributed by atoms with Crippen LogP contribution in [0, 0.1) is 12.8 Å². The molecule has 2 atom stereocenters. The maximum Gasteiger partial charge on any atom is 0.258 e. The van der Waals surface area contributed by atoms with Gasteiger partial charge in [0.2, 0.25) is 0 Å². The van der Waals surface area contributed by atoms with Gasteiger partial charge < -0.3 is 10.6 Å². The zero-order valence-electron chi connectivity index (χ0n) is 19.0. The van der Waals surface area contributed by atoms with Gasteiger partial charge in [0.1, 0.15) is 5.84 Å². The Morgan fingerprint density at radius 1 is 1.26 bits per heavy atom. The fourth-order valence-corrected chi connectivity index (χ4v) is 5.18. The molecule has 0 spiro atoms. The van der Waals surface area contributed by atoms with Crippen molar-refractivity contribution in [2.75, 3.05) is 5.75 Å². The number of fused-ring (bicyclic) bond motifs is 1. The molecular weight excluding hydrogens is 402 g/mol. The zero-order valence-corrected chi connectivity index (χ0v) is 19.8. The minimum absolute atomic E-state index is 0.0344. The quantitative estimate of drug-likeness (QED) is 0.617. The van der Waals surface area contributed by atoms with E-state index in [9.17, 15) is 4.79 Å². The van der Waals surface area contributed by atoms with Gasteiger partial charge in [-0.15, -0.1) is 11.8 Å². The normalized spacial score (nSPS) is 24.5. The Balaban J connectivity index is 1.74. The highest BCUT2D eigenvalue weighted by Crippen LogP contribution is 2.42. The number of thioether (sulfide) groups is 1. The summed E-state index contributed by atoms with van der Waals surface area (Å²) in [6.45, 7) is 10.6. The largest absolute Gasteiger partial charge is 0.346 e. The average molecular weight is 434 g/mol. The molecule has 1 aromatic rings. The van der Waals surface area contributed by atoms with Gasteiger partial charge in [-0.05, 0) is 56.2 Å². The van der Waals surface area contributed by atoms with Crippen molar-refractivity contribution in [3.63, 3.8) is 0 Å². The lowest BCUT2D eigenvalue weighted by Gasteiger charge is -2.28. The van der Waals surface area contributed by atoms with Crippen LogP contribution < -0.4 is 10.6 Å². The van der Waals surface area contributed by atoms with E-state index in [1.165, 1.54) is 21.6 Å². The summed E-state index contributed by atoms with van der Waals surface area (Å²) in [7, 11) is 0. The molecule has 2 heterocycles. The summed E-state index contributed by atoms with van der Waals surface area (Å²) in [5.74, 6) is 2.27. The van der Waals surface area contributed by atoms with Crippen LogP contribution in [0.25, 0.3) is 0 Å². The molecule has 5 heteroatoms. The summed E-state index contributed by atoms with van der Waals surface area (Å²) < 4.78 is 0. The van der Waals surface area contributed by atoms with Crippen LogP contribution in [0.2, 0.25) is 0 Å². The highest BCUT2D eigenvalue weighted by Gasteiger charge is 2.35. The number of aliphatic imine (C=N–C) groups is 1. The van der Waals surface area contributed by atoms with E-state index in [1.807, 2.05) is 13.1 Å². The van der Waals surface area contributed by atoms with E-state index in [-0.39, 0.29) is 11.8 Å². The fraction of sp³-hybridized carbons (Fsp3) is 0.385. The summed E-state index contributed by atoms with van der Waals surface area (Å²) in [4.78, 5) is 18.6. The van der Waals surface area contributed by atoms with Crippen molar-refractivity contribution in [1.29, 1.82) is 0 Å². The van der Waals surface area contributed by atoms with Gasteiger partial charge in [0.15, 0.2) is 0 Å². The van der Waals surface area contributed by atoms with Gasteiger partial charge in [-0.2, -0.15) is 0 Å². The molecule has 4 nitrogen and oxygen atoms in total. The molecule has 4 rings (SSSR count). The van der Waals surface area contributed by atoms with E-state index in [0.29, 0.717) is 5.92 Å². The molecule has 1 aliphatic carbocycles. The maximum absolute atomic E-state index is 12.9. The lowest BCUT2D eigenvalue weighted by molar-refractivity contribution is -0.115. The van der Waals surface area contributed by atoms with Crippen molar-refractivity contribution in [3.8, 4) is 0 Å². The van der Waals surface area contributed by atoms with Crippen LogP contribution in [0.15, 0.2) is 69.0 Å². The monoisotopic (exact) mass is 433 g/mol. The Hall–Kier alpha value is -2.53. The van der Waals surface area contributed by atoms with E-state index in [1.54, 1.807) is 11.8 Å². The number of carbonyl (C=O) groups is 1. The van der Waals surface area contributed by atoms with Crippen LogP contribution in [0.5, 0.6) is 0 Å². The predicted octanol–water partition coefficient (Wildman–Crippen LogP) is 5.49. The molecule has 0 saturated carbocycles. The number of hydrogen-bond donors (Lipinski definition) is 2. The molecule has 2 aliphatic heterocycles. The van der Waals surface area contributed by atoms with Crippen molar-refractivity contribution >= 4 is 23.5 Å². The highest BCUT2D eigenvalue weighted by molar-refractivity contribution is 8.03. The zero-order chi connectivity index (χ0) is 22.1. The summed E-state index contributed by atoms with van der Waals surface area (Å²) in [6, 6.07) is 6.80. The van der Waals surface area contributed by atoms with Gasteiger partial charge in [-0.3, -0.25) is 4.79 Å². The summed E-state index contributed by atoms with van der Waals surface area (Å²) in [6.07, 6.45) is 8.50. The number of rotatable bonds is 4. The third-order valence-electron chi connectivity index (χ3n) is 6.35. The second-order valence-corrected chi connectivity index (χ2v) is 9.71. The second-order valence-electron chi connectivity index (χ2n) is 8.49. The Morgan fingerprint density at radius 3 is 2.74 bits per heavy atom. The number of aryl methyl sites for hydroxylation is 2. The van der Waals surface area contributed by atoms with E-state index < -0.39 is 0 Å². The molecule has 0 radical (unpaired) electrons. The molecule has 2 unspecified atom stereocenters. The molecule has 162 valence electrons. The Bertz CT molecular complexity index is 1070. The van der Waals surface area contributed by atoms with Crippen LogP contribution in [-0.2, 0) is 11.2 Å².